The third kappa shape index (κ3) is 2.43. The topological polar surface area (TPSA) is 67.8 Å². The van der Waals surface area contributed by atoms with Crippen LogP contribution in [-0.4, -0.2) is 39.5 Å². The average Bonchev–Trinajstić information content (AvgIpc) is 3.25. The maximum absolute atomic E-state index is 15.2. The van der Waals surface area contributed by atoms with Crippen LogP contribution in [0.15, 0.2) is 49.1 Å². The van der Waals surface area contributed by atoms with E-state index in [-0.39, 0.29) is 11.2 Å². The first-order valence-corrected chi connectivity index (χ1v) is 8.57. The molecule has 0 amide bonds. The zero-order valence-corrected chi connectivity index (χ0v) is 14.1. The van der Waals surface area contributed by atoms with Gasteiger partial charge in [0.25, 0.3) is 0 Å². The molecule has 6 nitrogen and oxygen atoms in total. The number of nitrogens with one attached hydrogen (secondary N) is 2. The summed E-state index contributed by atoms with van der Waals surface area (Å²) in [7, 11) is 0. The van der Waals surface area contributed by atoms with Crippen molar-refractivity contribution in [3.05, 3.63) is 54.9 Å². The van der Waals surface area contributed by atoms with Crippen molar-refractivity contribution in [1.82, 2.24) is 19.7 Å². The Bertz CT molecular complexity index is 1070. The number of ether oxygens (including phenoxy) is 1. The molecule has 0 unspecified atom stereocenters. The number of para-hydroxylation sites is 1. The SMILES string of the molecule is Fc1c(NCC2(Cn3cncn3)COC2)ccc2[nH]c3ccccc3c12. The molecule has 0 aliphatic carbocycles. The summed E-state index contributed by atoms with van der Waals surface area (Å²) in [5.74, 6) is -0.226. The maximum atomic E-state index is 15.2. The lowest BCUT2D eigenvalue weighted by molar-refractivity contribution is -0.114. The quantitative estimate of drug-likeness (QED) is 0.579. The number of aromatic nitrogens is 4. The van der Waals surface area contributed by atoms with Gasteiger partial charge in [-0.2, -0.15) is 5.10 Å². The van der Waals surface area contributed by atoms with E-state index in [2.05, 4.69) is 20.4 Å². The number of anilines is 1. The largest absolute Gasteiger partial charge is 0.382 e. The fourth-order valence-electron chi connectivity index (χ4n) is 3.62. The van der Waals surface area contributed by atoms with E-state index < -0.39 is 0 Å². The molecule has 0 atom stereocenters. The van der Waals surface area contributed by atoms with Crippen LogP contribution in [0, 0.1) is 11.2 Å². The fraction of sp³-hybridized carbons (Fsp3) is 0.263. The monoisotopic (exact) mass is 351 g/mol. The van der Waals surface area contributed by atoms with Gasteiger partial charge >= 0.3 is 0 Å². The lowest BCUT2D eigenvalue weighted by Gasteiger charge is -2.41. The molecular weight excluding hydrogens is 333 g/mol. The summed E-state index contributed by atoms with van der Waals surface area (Å²) >= 11 is 0. The van der Waals surface area contributed by atoms with E-state index >= 15 is 4.39 Å². The number of nitrogens with zero attached hydrogens (tertiary/aromatic N) is 3. The second kappa shape index (κ2) is 5.81. The molecule has 0 saturated carbocycles. The predicted octanol–water partition coefficient (Wildman–Crippen LogP) is 3.18. The van der Waals surface area contributed by atoms with Crippen molar-refractivity contribution in [3.8, 4) is 0 Å². The molecule has 1 fully saturated rings. The summed E-state index contributed by atoms with van der Waals surface area (Å²) in [6, 6.07) is 11.5. The van der Waals surface area contributed by atoms with E-state index in [4.69, 9.17) is 4.74 Å². The normalized spacial score (nSPS) is 16.0. The Labute approximate surface area is 149 Å². The first kappa shape index (κ1) is 15.3. The highest BCUT2D eigenvalue weighted by molar-refractivity contribution is 6.08. The molecule has 132 valence electrons. The third-order valence-corrected chi connectivity index (χ3v) is 5.04. The van der Waals surface area contributed by atoms with Crippen LogP contribution < -0.4 is 5.32 Å². The van der Waals surface area contributed by atoms with Gasteiger partial charge in [0.2, 0.25) is 0 Å². The van der Waals surface area contributed by atoms with E-state index in [9.17, 15) is 0 Å². The Morgan fingerprint density at radius 1 is 1.19 bits per heavy atom. The fourth-order valence-corrected chi connectivity index (χ4v) is 3.62. The van der Waals surface area contributed by atoms with Crippen molar-refractivity contribution in [3.63, 3.8) is 0 Å². The summed E-state index contributed by atoms with van der Waals surface area (Å²) in [6.45, 7) is 2.54. The number of rotatable bonds is 5. The number of benzene rings is 2. The van der Waals surface area contributed by atoms with Crippen LogP contribution >= 0.6 is 0 Å². The van der Waals surface area contributed by atoms with E-state index in [1.807, 2.05) is 30.3 Å². The van der Waals surface area contributed by atoms with Crippen molar-refractivity contribution in [2.24, 2.45) is 5.41 Å². The van der Waals surface area contributed by atoms with Crippen LogP contribution in [0.5, 0.6) is 0 Å². The molecular formula is C19H18FN5O. The second-order valence-electron chi connectivity index (χ2n) is 6.96. The highest BCUT2D eigenvalue weighted by Crippen LogP contribution is 2.34. The minimum atomic E-state index is -0.226. The van der Waals surface area contributed by atoms with E-state index in [0.29, 0.717) is 37.4 Å². The van der Waals surface area contributed by atoms with Crippen LogP contribution in [0.25, 0.3) is 21.8 Å². The van der Waals surface area contributed by atoms with Crippen molar-refractivity contribution in [1.29, 1.82) is 0 Å². The Morgan fingerprint density at radius 3 is 2.85 bits per heavy atom. The van der Waals surface area contributed by atoms with Crippen molar-refractivity contribution in [2.75, 3.05) is 25.1 Å². The van der Waals surface area contributed by atoms with E-state index in [1.54, 1.807) is 17.1 Å². The summed E-state index contributed by atoms with van der Waals surface area (Å²) in [5, 5.41) is 8.97. The number of halogens is 1. The van der Waals surface area contributed by atoms with Gasteiger partial charge in [-0.25, -0.2) is 9.37 Å². The van der Waals surface area contributed by atoms with E-state index in [0.717, 1.165) is 16.4 Å². The Morgan fingerprint density at radius 2 is 2.08 bits per heavy atom. The van der Waals surface area contributed by atoms with Gasteiger partial charge in [-0.3, -0.25) is 4.68 Å². The smallest absolute Gasteiger partial charge is 0.156 e. The van der Waals surface area contributed by atoms with E-state index in [1.165, 1.54) is 6.33 Å². The molecule has 3 heterocycles. The van der Waals surface area contributed by atoms with Gasteiger partial charge in [-0.05, 0) is 18.2 Å². The van der Waals surface area contributed by atoms with Crippen LogP contribution in [0.1, 0.15) is 0 Å². The van der Waals surface area contributed by atoms with Crippen LogP contribution in [-0.2, 0) is 11.3 Å². The molecule has 0 spiro atoms. The van der Waals surface area contributed by atoms with Gasteiger partial charge in [0.05, 0.1) is 30.9 Å². The second-order valence-corrected chi connectivity index (χ2v) is 6.96. The third-order valence-electron chi connectivity index (χ3n) is 5.04. The number of fused-ring (bicyclic) bond motifs is 3. The first-order valence-electron chi connectivity index (χ1n) is 8.57. The van der Waals surface area contributed by atoms with Crippen LogP contribution in [0.3, 0.4) is 0 Å². The van der Waals surface area contributed by atoms with Crippen LogP contribution in [0.2, 0.25) is 0 Å². The van der Waals surface area contributed by atoms with Crippen molar-refractivity contribution >= 4 is 27.5 Å². The highest BCUT2D eigenvalue weighted by atomic mass is 19.1. The summed E-state index contributed by atoms with van der Waals surface area (Å²) in [4.78, 5) is 7.25. The molecule has 5 rings (SSSR count). The molecule has 2 aromatic heterocycles. The molecule has 0 radical (unpaired) electrons. The van der Waals surface area contributed by atoms with Crippen molar-refractivity contribution in [2.45, 2.75) is 6.54 Å². The minimum Gasteiger partial charge on any atom is -0.382 e. The van der Waals surface area contributed by atoms with Gasteiger partial charge in [-0.1, -0.05) is 18.2 Å². The van der Waals surface area contributed by atoms with Crippen molar-refractivity contribution < 1.29 is 9.13 Å². The molecule has 2 N–H and O–H groups in total. The Kier molecular flexibility index (Phi) is 3.43. The van der Waals surface area contributed by atoms with Crippen LogP contribution in [0.4, 0.5) is 10.1 Å². The summed E-state index contributed by atoms with van der Waals surface area (Å²) < 4.78 is 22.4. The van der Waals surface area contributed by atoms with Gasteiger partial charge < -0.3 is 15.0 Å². The molecule has 26 heavy (non-hydrogen) atoms. The zero-order chi connectivity index (χ0) is 17.6. The molecule has 7 heteroatoms. The first-order chi connectivity index (χ1) is 12.7. The molecule has 1 aliphatic rings. The highest BCUT2D eigenvalue weighted by Gasteiger charge is 2.39. The zero-order valence-electron chi connectivity index (χ0n) is 14.1. The van der Waals surface area contributed by atoms with Gasteiger partial charge in [-0.15, -0.1) is 0 Å². The number of hydrogen-bond acceptors (Lipinski definition) is 4. The summed E-state index contributed by atoms with van der Waals surface area (Å²) in [5.41, 5.74) is 2.15. The molecule has 2 aromatic carbocycles. The Hall–Kier alpha value is -2.93. The molecule has 1 aliphatic heterocycles. The predicted molar refractivity (Wildman–Crippen MR) is 97.5 cm³/mol. The average molecular weight is 351 g/mol. The maximum Gasteiger partial charge on any atom is 0.156 e. The number of H-pyrrole nitrogens is 1. The molecule has 1 saturated heterocycles. The number of hydrogen-bond donors (Lipinski definition) is 2. The summed E-state index contributed by atoms with van der Waals surface area (Å²) in [6.07, 6.45) is 3.21. The molecule has 4 aromatic rings. The van der Waals surface area contributed by atoms with Gasteiger partial charge in [0.1, 0.15) is 12.7 Å². The van der Waals surface area contributed by atoms with Gasteiger partial charge in [0.15, 0.2) is 5.82 Å². The molecule has 0 bridgehead atoms. The standard InChI is InChI=1S/C19H18FN5O/c20-18-16(6-5-15-17(18)13-3-1-2-4-14(13)24-15)22-7-19(9-26-10-19)8-25-12-21-11-23-25/h1-6,11-12,22,24H,7-10H2. The number of aromatic amines is 1. The lowest BCUT2D eigenvalue weighted by atomic mass is 9.85. The van der Waals surface area contributed by atoms with Gasteiger partial charge in [0, 0.05) is 28.4 Å². The minimum absolute atomic E-state index is 0.102. The Balaban J connectivity index is 1.44. The lowest BCUT2D eigenvalue weighted by Crippen LogP contribution is -2.50.